The number of fused-ring (bicyclic) bond motifs is 1. The fraction of sp³-hybridized carbons (Fsp3) is 0.125. The third kappa shape index (κ3) is 2.63. The van der Waals surface area contributed by atoms with Crippen LogP contribution in [0, 0.1) is 0 Å². The molecule has 0 spiro atoms. The number of halogens is 1. The Balaban J connectivity index is 2.22. The summed E-state index contributed by atoms with van der Waals surface area (Å²) >= 11 is 5.90. The minimum absolute atomic E-state index is 0.120. The first kappa shape index (κ1) is 14.4. The quantitative estimate of drug-likeness (QED) is 0.802. The Hall–Kier alpha value is -2.53. The minimum Gasteiger partial charge on any atom is -0.497 e. The highest BCUT2D eigenvalue weighted by molar-refractivity contribution is 6.30. The smallest absolute Gasteiger partial charge is 0.309 e. The van der Waals surface area contributed by atoms with E-state index in [0.29, 0.717) is 22.0 Å². The normalized spacial score (nSPS) is 10.8. The van der Waals surface area contributed by atoms with E-state index in [0.717, 1.165) is 11.1 Å². The molecule has 1 heterocycles. The van der Waals surface area contributed by atoms with Gasteiger partial charge in [-0.15, -0.1) is 0 Å². The first-order valence-electron chi connectivity index (χ1n) is 6.62. The second-order valence-corrected chi connectivity index (χ2v) is 5.22. The van der Waals surface area contributed by atoms with Crippen molar-refractivity contribution in [1.82, 2.24) is 9.78 Å². The number of ether oxygens (including phenoxy) is 1. The Bertz CT molecular complexity index is 840. The monoisotopic (exact) mass is 316 g/mol. The maximum atomic E-state index is 11.2. The van der Waals surface area contributed by atoms with Crippen LogP contribution in [-0.2, 0) is 11.2 Å². The number of carboxylic acids is 1. The fourth-order valence-electron chi connectivity index (χ4n) is 2.36. The Morgan fingerprint density at radius 1 is 1.27 bits per heavy atom. The van der Waals surface area contributed by atoms with Crippen molar-refractivity contribution in [3.63, 3.8) is 0 Å². The number of aliphatic carboxylic acids is 1. The molecule has 0 aliphatic heterocycles. The third-order valence-corrected chi connectivity index (χ3v) is 3.62. The van der Waals surface area contributed by atoms with E-state index in [1.807, 2.05) is 6.07 Å². The van der Waals surface area contributed by atoms with Crippen molar-refractivity contribution in [2.45, 2.75) is 6.42 Å². The Morgan fingerprint density at radius 3 is 2.64 bits per heavy atom. The average Bonchev–Trinajstić information content (AvgIpc) is 2.85. The number of carboxylic acid groups (broad SMARTS) is 1. The van der Waals surface area contributed by atoms with Gasteiger partial charge in [0, 0.05) is 16.5 Å². The van der Waals surface area contributed by atoms with Crippen LogP contribution >= 0.6 is 11.6 Å². The lowest BCUT2D eigenvalue weighted by Crippen LogP contribution is -2.08. The largest absolute Gasteiger partial charge is 0.497 e. The molecule has 112 valence electrons. The number of methoxy groups -OCH3 is 1. The molecule has 1 N–H and O–H groups in total. The van der Waals surface area contributed by atoms with Gasteiger partial charge in [-0.3, -0.25) is 4.79 Å². The van der Waals surface area contributed by atoms with Crippen LogP contribution in [0.5, 0.6) is 5.75 Å². The third-order valence-electron chi connectivity index (χ3n) is 3.37. The zero-order valence-electron chi connectivity index (χ0n) is 11.8. The summed E-state index contributed by atoms with van der Waals surface area (Å²) in [6.45, 7) is 0. The van der Waals surface area contributed by atoms with Crippen LogP contribution < -0.4 is 4.74 Å². The SMILES string of the molecule is COc1ccc2c(CC(=O)O)n(-c3ccc(Cl)cc3)nc2c1. The van der Waals surface area contributed by atoms with E-state index in [-0.39, 0.29) is 6.42 Å². The lowest BCUT2D eigenvalue weighted by molar-refractivity contribution is -0.136. The maximum absolute atomic E-state index is 11.2. The van der Waals surface area contributed by atoms with Gasteiger partial charge in [0.15, 0.2) is 0 Å². The van der Waals surface area contributed by atoms with Gasteiger partial charge in [-0.25, -0.2) is 4.68 Å². The number of aromatic nitrogens is 2. The molecule has 22 heavy (non-hydrogen) atoms. The van der Waals surface area contributed by atoms with Crippen LogP contribution in [0.25, 0.3) is 16.6 Å². The molecule has 6 heteroatoms. The molecule has 3 aromatic rings. The second kappa shape index (κ2) is 5.69. The number of nitrogens with zero attached hydrogens (tertiary/aromatic N) is 2. The predicted octanol–water partition coefficient (Wildman–Crippen LogP) is 3.31. The molecule has 5 nitrogen and oxygen atoms in total. The van der Waals surface area contributed by atoms with Gasteiger partial charge in [-0.2, -0.15) is 5.10 Å². The van der Waals surface area contributed by atoms with Crippen LogP contribution in [0.1, 0.15) is 5.69 Å². The summed E-state index contributed by atoms with van der Waals surface area (Å²) in [6.07, 6.45) is -0.120. The van der Waals surface area contributed by atoms with Crippen molar-refractivity contribution < 1.29 is 14.6 Å². The number of rotatable bonds is 4. The summed E-state index contributed by atoms with van der Waals surface area (Å²) in [5.74, 6) is -0.233. The highest BCUT2D eigenvalue weighted by Crippen LogP contribution is 2.26. The van der Waals surface area contributed by atoms with Gasteiger partial charge in [-0.1, -0.05) is 11.6 Å². The van der Waals surface area contributed by atoms with E-state index < -0.39 is 5.97 Å². The van der Waals surface area contributed by atoms with Crippen molar-refractivity contribution in [2.75, 3.05) is 7.11 Å². The zero-order valence-corrected chi connectivity index (χ0v) is 12.5. The molecule has 0 saturated heterocycles. The molecular weight excluding hydrogens is 304 g/mol. The van der Waals surface area contributed by atoms with E-state index in [1.54, 1.807) is 48.2 Å². The Kier molecular flexibility index (Phi) is 3.73. The van der Waals surface area contributed by atoms with Crippen LogP contribution in [0.15, 0.2) is 42.5 Å². The predicted molar refractivity (Wildman–Crippen MR) is 84.0 cm³/mol. The summed E-state index contributed by atoms with van der Waals surface area (Å²) in [7, 11) is 1.58. The molecule has 0 saturated carbocycles. The summed E-state index contributed by atoms with van der Waals surface area (Å²) in [5.41, 5.74) is 2.06. The van der Waals surface area contributed by atoms with Gasteiger partial charge >= 0.3 is 5.97 Å². The van der Waals surface area contributed by atoms with Crippen LogP contribution in [0.4, 0.5) is 0 Å². The second-order valence-electron chi connectivity index (χ2n) is 4.79. The van der Waals surface area contributed by atoms with Crippen LogP contribution in [-0.4, -0.2) is 28.0 Å². The fourth-order valence-corrected chi connectivity index (χ4v) is 2.48. The van der Waals surface area contributed by atoms with Gasteiger partial charge in [0.25, 0.3) is 0 Å². The van der Waals surface area contributed by atoms with E-state index >= 15 is 0 Å². The lowest BCUT2D eigenvalue weighted by atomic mass is 10.1. The highest BCUT2D eigenvalue weighted by atomic mass is 35.5. The number of hydrogen-bond donors (Lipinski definition) is 1. The molecule has 0 radical (unpaired) electrons. The standard InChI is InChI=1S/C16H13ClN2O3/c1-22-12-6-7-13-14(8-12)18-19(15(13)9-16(20)21)11-4-2-10(17)3-5-11/h2-8H,9H2,1H3,(H,20,21). The Morgan fingerprint density at radius 2 is 2.00 bits per heavy atom. The first-order valence-corrected chi connectivity index (χ1v) is 6.99. The van der Waals surface area contributed by atoms with Crippen molar-refractivity contribution in [3.8, 4) is 11.4 Å². The average molecular weight is 317 g/mol. The van der Waals surface area contributed by atoms with Gasteiger partial charge in [0.05, 0.1) is 30.4 Å². The molecular formula is C16H13ClN2O3. The first-order chi connectivity index (χ1) is 10.6. The van der Waals surface area contributed by atoms with E-state index in [9.17, 15) is 9.90 Å². The topological polar surface area (TPSA) is 64.3 Å². The summed E-state index contributed by atoms with van der Waals surface area (Å²) in [5, 5.41) is 15.1. The van der Waals surface area contributed by atoms with E-state index in [2.05, 4.69) is 5.10 Å². The van der Waals surface area contributed by atoms with Gasteiger partial charge in [0.2, 0.25) is 0 Å². The van der Waals surface area contributed by atoms with Crippen molar-refractivity contribution in [2.24, 2.45) is 0 Å². The van der Waals surface area contributed by atoms with Gasteiger partial charge < -0.3 is 9.84 Å². The van der Waals surface area contributed by atoms with Gasteiger partial charge in [-0.05, 0) is 36.4 Å². The van der Waals surface area contributed by atoms with E-state index in [4.69, 9.17) is 16.3 Å². The minimum atomic E-state index is -0.909. The maximum Gasteiger partial charge on any atom is 0.309 e. The molecule has 0 aliphatic rings. The van der Waals surface area contributed by atoms with Gasteiger partial charge in [0.1, 0.15) is 5.75 Å². The molecule has 3 rings (SSSR count). The molecule has 0 aliphatic carbocycles. The molecule has 0 fully saturated rings. The summed E-state index contributed by atoms with van der Waals surface area (Å²) in [6, 6.07) is 12.5. The summed E-state index contributed by atoms with van der Waals surface area (Å²) in [4.78, 5) is 11.2. The highest BCUT2D eigenvalue weighted by Gasteiger charge is 2.16. The van der Waals surface area contributed by atoms with Crippen LogP contribution in [0.3, 0.4) is 0 Å². The number of carbonyl (C=O) groups is 1. The Labute approximate surface area is 131 Å². The molecule has 0 bridgehead atoms. The van der Waals surface area contributed by atoms with Crippen LogP contribution in [0.2, 0.25) is 5.02 Å². The lowest BCUT2D eigenvalue weighted by Gasteiger charge is -2.06. The van der Waals surface area contributed by atoms with Crippen molar-refractivity contribution >= 4 is 28.5 Å². The summed E-state index contributed by atoms with van der Waals surface area (Å²) < 4.78 is 6.82. The molecule has 0 atom stereocenters. The van der Waals surface area contributed by atoms with Crippen molar-refractivity contribution in [1.29, 1.82) is 0 Å². The molecule has 2 aromatic carbocycles. The molecule has 0 unspecified atom stereocenters. The zero-order chi connectivity index (χ0) is 15.7. The number of benzene rings is 2. The van der Waals surface area contributed by atoms with Crippen molar-refractivity contribution in [3.05, 3.63) is 53.2 Å². The molecule has 1 aromatic heterocycles. The van der Waals surface area contributed by atoms with E-state index in [1.165, 1.54) is 0 Å². The number of hydrogen-bond acceptors (Lipinski definition) is 3. The molecule has 0 amide bonds.